The first-order chi connectivity index (χ1) is 6.24. The fraction of sp³-hybridized carbons (Fsp3) is 0.750. The van der Waals surface area contributed by atoms with E-state index in [1.807, 2.05) is 22.6 Å². The van der Waals surface area contributed by atoms with Gasteiger partial charge in [-0.3, -0.25) is 0 Å². The Labute approximate surface area is 90.2 Å². The van der Waals surface area contributed by atoms with Crippen molar-refractivity contribution in [2.24, 2.45) is 0 Å². The van der Waals surface area contributed by atoms with Gasteiger partial charge in [0.05, 0.1) is 12.0 Å². The second kappa shape index (κ2) is 3.53. The second-order valence-electron chi connectivity index (χ2n) is 3.37. The van der Waals surface area contributed by atoms with Crippen molar-refractivity contribution in [2.45, 2.75) is 31.3 Å². The molecule has 1 aliphatic carbocycles. The molecule has 0 radical (unpaired) electrons. The molecule has 13 heavy (non-hydrogen) atoms. The van der Waals surface area contributed by atoms with E-state index in [0.29, 0.717) is 9.72 Å². The molecule has 0 aliphatic heterocycles. The van der Waals surface area contributed by atoms with Crippen molar-refractivity contribution >= 4 is 22.6 Å². The molecule has 2 rings (SSSR count). The number of halogens is 1. The van der Waals surface area contributed by atoms with Gasteiger partial charge in [-0.05, 0) is 19.3 Å². The van der Waals surface area contributed by atoms with E-state index in [1.165, 1.54) is 6.42 Å². The van der Waals surface area contributed by atoms with E-state index in [2.05, 4.69) is 10.1 Å². The zero-order valence-electron chi connectivity index (χ0n) is 7.42. The predicted octanol–water partition coefficient (Wildman–Crippen LogP) is 1.79. The molecular weight excluding hydrogens is 283 g/mol. The summed E-state index contributed by atoms with van der Waals surface area (Å²) in [5.41, 5.74) is -0.0182. The van der Waals surface area contributed by atoms with Gasteiger partial charge in [0.2, 0.25) is 9.72 Å². The summed E-state index contributed by atoms with van der Waals surface area (Å²) in [7, 11) is 1.75. The van der Waals surface area contributed by atoms with Crippen LogP contribution in [0.1, 0.15) is 25.2 Å². The van der Waals surface area contributed by atoms with Crippen LogP contribution in [0.25, 0.3) is 0 Å². The molecule has 1 heterocycles. The first-order valence-electron chi connectivity index (χ1n) is 4.27. The Morgan fingerprint density at radius 1 is 1.62 bits per heavy atom. The maximum atomic E-state index is 5.46. The normalized spacial score (nSPS) is 19.8. The van der Waals surface area contributed by atoms with E-state index in [4.69, 9.17) is 9.26 Å². The summed E-state index contributed by atoms with van der Waals surface area (Å²) in [4.78, 5) is 4.15. The van der Waals surface area contributed by atoms with Crippen molar-refractivity contribution in [2.75, 3.05) is 7.11 Å². The topological polar surface area (TPSA) is 48.2 Å². The molecule has 0 bridgehead atoms. The maximum absolute atomic E-state index is 5.46. The number of aromatic nitrogens is 2. The van der Waals surface area contributed by atoms with Gasteiger partial charge in [0.25, 0.3) is 0 Å². The van der Waals surface area contributed by atoms with Crippen molar-refractivity contribution in [3.05, 3.63) is 9.72 Å². The maximum Gasteiger partial charge on any atom is 0.232 e. The van der Waals surface area contributed by atoms with Crippen molar-refractivity contribution in [1.82, 2.24) is 10.1 Å². The van der Waals surface area contributed by atoms with E-state index < -0.39 is 0 Å². The first kappa shape index (κ1) is 9.39. The highest BCUT2D eigenvalue weighted by Crippen LogP contribution is 2.37. The minimum atomic E-state index is -0.0182. The van der Waals surface area contributed by atoms with Crippen LogP contribution in [-0.4, -0.2) is 22.9 Å². The van der Waals surface area contributed by atoms with E-state index >= 15 is 0 Å². The number of hydrogen-bond acceptors (Lipinski definition) is 4. The van der Waals surface area contributed by atoms with E-state index in [1.54, 1.807) is 7.11 Å². The number of rotatable bonds is 3. The Bertz CT molecular complexity index is 291. The molecule has 0 amide bonds. The summed E-state index contributed by atoms with van der Waals surface area (Å²) in [6.07, 6.45) is 4.18. The highest BCUT2D eigenvalue weighted by atomic mass is 127. The van der Waals surface area contributed by atoms with Gasteiger partial charge in [0, 0.05) is 29.7 Å². The lowest BCUT2D eigenvalue weighted by Crippen LogP contribution is -2.41. The minimum Gasteiger partial charge on any atom is -0.378 e. The Kier molecular flexibility index (Phi) is 2.55. The van der Waals surface area contributed by atoms with Crippen LogP contribution in [0.3, 0.4) is 0 Å². The summed E-state index contributed by atoms with van der Waals surface area (Å²) >= 11 is 2.04. The second-order valence-corrected chi connectivity index (χ2v) is 4.34. The molecule has 0 saturated heterocycles. The van der Waals surface area contributed by atoms with Gasteiger partial charge in [-0.25, -0.2) is 0 Å². The quantitative estimate of drug-likeness (QED) is 0.797. The van der Waals surface area contributed by atoms with E-state index in [0.717, 1.165) is 19.3 Å². The molecule has 0 atom stereocenters. The number of ether oxygens (including phenoxy) is 1. The van der Waals surface area contributed by atoms with Gasteiger partial charge in [-0.2, -0.15) is 4.98 Å². The smallest absolute Gasteiger partial charge is 0.232 e. The van der Waals surface area contributed by atoms with Gasteiger partial charge < -0.3 is 9.26 Å². The summed E-state index contributed by atoms with van der Waals surface area (Å²) in [6, 6.07) is 0. The molecule has 5 heteroatoms. The van der Waals surface area contributed by atoms with Crippen LogP contribution in [0.2, 0.25) is 0 Å². The Morgan fingerprint density at radius 3 is 2.77 bits per heavy atom. The van der Waals surface area contributed by atoms with Crippen LogP contribution in [-0.2, 0) is 11.2 Å². The molecule has 0 aromatic carbocycles. The molecule has 0 N–H and O–H groups in total. The van der Waals surface area contributed by atoms with Gasteiger partial charge in [-0.15, -0.1) is 0 Å². The van der Waals surface area contributed by atoms with Gasteiger partial charge >= 0.3 is 0 Å². The molecule has 1 saturated carbocycles. The average molecular weight is 294 g/mol. The number of nitrogens with zero attached hydrogens (tertiary/aromatic N) is 2. The highest BCUT2D eigenvalue weighted by molar-refractivity contribution is 14.1. The summed E-state index contributed by atoms with van der Waals surface area (Å²) in [5, 5.41) is 3.74. The van der Waals surface area contributed by atoms with Crippen molar-refractivity contribution in [3.8, 4) is 0 Å². The third-order valence-corrected chi connectivity index (χ3v) is 3.05. The first-order valence-corrected chi connectivity index (χ1v) is 5.35. The van der Waals surface area contributed by atoms with Crippen LogP contribution in [0.4, 0.5) is 0 Å². The van der Waals surface area contributed by atoms with Crippen molar-refractivity contribution < 1.29 is 9.26 Å². The van der Waals surface area contributed by atoms with E-state index in [9.17, 15) is 0 Å². The monoisotopic (exact) mass is 294 g/mol. The highest BCUT2D eigenvalue weighted by Gasteiger charge is 2.38. The van der Waals surface area contributed by atoms with Crippen molar-refractivity contribution in [3.63, 3.8) is 0 Å². The molecule has 0 unspecified atom stereocenters. The van der Waals surface area contributed by atoms with Gasteiger partial charge in [0.15, 0.2) is 0 Å². The molecule has 1 aromatic rings. The molecule has 4 nitrogen and oxygen atoms in total. The van der Waals surface area contributed by atoms with Crippen LogP contribution >= 0.6 is 22.6 Å². The van der Waals surface area contributed by atoms with Gasteiger partial charge in [-0.1, -0.05) is 5.16 Å². The molecule has 1 fully saturated rings. The SMILES string of the molecule is COC1(Cc2nc(I)no2)CCC1. The van der Waals surface area contributed by atoms with Crippen LogP contribution in [0.5, 0.6) is 0 Å². The average Bonchev–Trinajstić information content (AvgIpc) is 2.44. The number of methoxy groups -OCH3 is 1. The predicted molar refractivity (Wildman–Crippen MR) is 54.3 cm³/mol. The zero-order chi connectivity index (χ0) is 9.31. The van der Waals surface area contributed by atoms with Crippen LogP contribution in [0, 0.1) is 3.83 Å². The molecule has 1 aliphatic rings. The lowest BCUT2D eigenvalue weighted by molar-refractivity contribution is -0.0751. The third kappa shape index (κ3) is 1.85. The fourth-order valence-electron chi connectivity index (χ4n) is 1.61. The van der Waals surface area contributed by atoms with Crippen LogP contribution in [0.15, 0.2) is 4.52 Å². The van der Waals surface area contributed by atoms with E-state index in [-0.39, 0.29) is 5.60 Å². The summed E-state index contributed by atoms with van der Waals surface area (Å²) in [6.45, 7) is 0. The largest absolute Gasteiger partial charge is 0.378 e. The Morgan fingerprint density at radius 2 is 2.38 bits per heavy atom. The lowest BCUT2D eigenvalue weighted by Gasteiger charge is -2.39. The molecule has 1 aromatic heterocycles. The van der Waals surface area contributed by atoms with Crippen LogP contribution < -0.4 is 0 Å². The Hall–Kier alpha value is -0.170. The lowest BCUT2D eigenvalue weighted by atomic mass is 9.77. The van der Waals surface area contributed by atoms with Crippen molar-refractivity contribution in [1.29, 1.82) is 0 Å². The Balaban J connectivity index is 2.04. The fourth-order valence-corrected chi connectivity index (χ4v) is 1.97. The standard InChI is InChI=1S/C8H11IN2O2/c1-12-8(3-2-4-8)5-6-10-7(9)11-13-6/h2-5H2,1H3. The third-order valence-electron chi connectivity index (χ3n) is 2.61. The molecule has 72 valence electrons. The van der Waals surface area contributed by atoms with Gasteiger partial charge in [0.1, 0.15) is 0 Å². The number of hydrogen-bond donors (Lipinski definition) is 0. The minimum absolute atomic E-state index is 0.0182. The zero-order valence-corrected chi connectivity index (χ0v) is 9.57. The molecule has 0 spiro atoms. The summed E-state index contributed by atoms with van der Waals surface area (Å²) < 4.78 is 11.2. The summed E-state index contributed by atoms with van der Waals surface area (Å²) in [5.74, 6) is 0.686. The molecular formula is C8H11IN2O2.